The molecule has 0 saturated carbocycles. The second-order valence-corrected chi connectivity index (χ2v) is 5.73. The molecule has 0 fully saturated rings. The fourth-order valence-corrected chi connectivity index (χ4v) is 2.33. The molecule has 0 aliphatic rings. The number of hydrogen-bond donors (Lipinski definition) is 1. The summed E-state index contributed by atoms with van der Waals surface area (Å²) < 4.78 is 5.67. The van der Waals surface area contributed by atoms with Gasteiger partial charge in [-0.3, -0.25) is 4.79 Å². The second kappa shape index (κ2) is 9.56. The third-order valence-electron chi connectivity index (χ3n) is 3.70. The molecule has 2 rings (SSSR count). The monoisotopic (exact) mass is 324 g/mol. The average molecular weight is 324 g/mol. The Morgan fingerprint density at radius 3 is 2.58 bits per heavy atom. The van der Waals surface area contributed by atoms with Crippen molar-refractivity contribution in [2.75, 3.05) is 6.61 Å². The van der Waals surface area contributed by atoms with Gasteiger partial charge < -0.3 is 9.84 Å². The molecule has 2 aromatic carbocycles. The molecule has 0 radical (unpaired) electrons. The van der Waals surface area contributed by atoms with E-state index < -0.39 is 0 Å². The molecule has 0 spiro atoms. The highest BCUT2D eigenvalue weighted by Crippen LogP contribution is 2.15. The maximum Gasteiger partial charge on any atom is 0.185 e. The van der Waals surface area contributed by atoms with Gasteiger partial charge in [-0.1, -0.05) is 44.4 Å². The van der Waals surface area contributed by atoms with Gasteiger partial charge in [-0.15, -0.1) is 0 Å². The van der Waals surface area contributed by atoms with E-state index in [0.717, 1.165) is 17.7 Å². The topological polar surface area (TPSA) is 46.5 Å². The maximum atomic E-state index is 12.2. The Labute approximate surface area is 143 Å². The summed E-state index contributed by atoms with van der Waals surface area (Å²) in [5.74, 6) is 0.901. The first-order valence-corrected chi connectivity index (χ1v) is 8.43. The summed E-state index contributed by atoms with van der Waals surface area (Å²) in [5, 5.41) is 9.41. The van der Waals surface area contributed by atoms with Gasteiger partial charge in [-0.2, -0.15) is 0 Å². The number of hydrogen-bond acceptors (Lipinski definition) is 3. The SMILES string of the molecule is CCCCCCOc1ccc(C(=O)/C=C/c2cccc(O)c2)cc1. The van der Waals surface area contributed by atoms with Crippen LogP contribution in [0, 0.1) is 0 Å². The van der Waals surface area contributed by atoms with Gasteiger partial charge in [0.2, 0.25) is 0 Å². The number of rotatable bonds is 9. The van der Waals surface area contributed by atoms with Crippen LogP contribution < -0.4 is 4.74 Å². The largest absolute Gasteiger partial charge is 0.508 e. The van der Waals surface area contributed by atoms with Crippen molar-refractivity contribution in [3.8, 4) is 11.5 Å². The first-order valence-electron chi connectivity index (χ1n) is 8.43. The van der Waals surface area contributed by atoms with Crippen LogP contribution in [-0.2, 0) is 0 Å². The highest BCUT2D eigenvalue weighted by Gasteiger charge is 2.02. The molecule has 0 heterocycles. The van der Waals surface area contributed by atoms with Crippen molar-refractivity contribution in [3.05, 3.63) is 65.7 Å². The quantitative estimate of drug-likeness (QED) is 0.389. The molecule has 1 N–H and O–H groups in total. The number of carbonyl (C=O) groups excluding carboxylic acids is 1. The van der Waals surface area contributed by atoms with Crippen LogP contribution in [-0.4, -0.2) is 17.5 Å². The lowest BCUT2D eigenvalue weighted by atomic mass is 10.1. The van der Waals surface area contributed by atoms with Crippen LogP contribution in [0.3, 0.4) is 0 Å². The molecule has 0 unspecified atom stereocenters. The summed E-state index contributed by atoms with van der Waals surface area (Å²) in [6.07, 6.45) is 7.90. The van der Waals surface area contributed by atoms with Crippen LogP contribution in [0.4, 0.5) is 0 Å². The highest BCUT2D eigenvalue weighted by molar-refractivity contribution is 6.06. The van der Waals surface area contributed by atoms with E-state index in [2.05, 4.69) is 6.92 Å². The normalized spacial score (nSPS) is 10.9. The Morgan fingerprint density at radius 2 is 1.88 bits per heavy atom. The van der Waals surface area contributed by atoms with Crippen molar-refractivity contribution in [2.24, 2.45) is 0 Å². The molecule has 3 heteroatoms. The molecule has 0 atom stereocenters. The number of phenolic OH excluding ortho intramolecular Hbond substituents is 1. The first-order chi connectivity index (χ1) is 11.7. The fourth-order valence-electron chi connectivity index (χ4n) is 2.33. The molecule has 126 valence electrons. The molecular formula is C21H24O3. The van der Waals surface area contributed by atoms with Crippen molar-refractivity contribution >= 4 is 11.9 Å². The van der Waals surface area contributed by atoms with E-state index in [1.54, 1.807) is 36.4 Å². The number of allylic oxidation sites excluding steroid dienone is 1. The zero-order valence-corrected chi connectivity index (χ0v) is 14.1. The minimum Gasteiger partial charge on any atom is -0.508 e. The van der Waals surface area contributed by atoms with Gasteiger partial charge in [0.1, 0.15) is 11.5 Å². The second-order valence-electron chi connectivity index (χ2n) is 5.73. The Bertz CT molecular complexity index is 672. The molecule has 3 nitrogen and oxygen atoms in total. The number of phenols is 1. The smallest absolute Gasteiger partial charge is 0.185 e. The lowest BCUT2D eigenvalue weighted by Gasteiger charge is -2.06. The zero-order valence-electron chi connectivity index (χ0n) is 14.1. The van der Waals surface area contributed by atoms with Crippen LogP contribution in [0.2, 0.25) is 0 Å². The van der Waals surface area contributed by atoms with E-state index in [-0.39, 0.29) is 11.5 Å². The van der Waals surface area contributed by atoms with Gasteiger partial charge >= 0.3 is 0 Å². The number of ether oxygens (including phenoxy) is 1. The Morgan fingerprint density at radius 1 is 1.08 bits per heavy atom. The third kappa shape index (κ3) is 5.92. The van der Waals surface area contributed by atoms with Crippen LogP contribution in [0.5, 0.6) is 11.5 Å². The maximum absolute atomic E-state index is 12.2. The Balaban J connectivity index is 1.86. The molecule has 24 heavy (non-hydrogen) atoms. The first kappa shape index (κ1) is 17.8. The summed E-state index contributed by atoms with van der Waals surface area (Å²) in [7, 11) is 0. The predicted octanol–water partition coefficient (Wildman–Crippen LogP) is 5.25. The van der Waals surface area contributed by atoms with E-state index in [4.69, 9.17) is 4.74 Å². The summed E-state index contributed by atoms with van der Waals surface area (Å²) in [6.45, 7) is 2.90. The van der Waals surface area contributed by atoms with Crippen LogP contribution in [0.15, 0.2) is 54.6 Å². The number of ketones is 1. The Kier molecular flexibility index (Phi) is 7.09. The van der Waals surface area contributed by atoms with Gasteiger partial charge in [-0.05, 0) is 54.5 Å². The minimum absolute atomic E-state index is 0.0761. The molecule has 0 bridgehead atoms. The Hall–Kier alpha value is -2.55. The fraction of sp³-hybridized carbons (Fsp3) is 0.286. The van der Waals surface area contributed by atoms with E-state index in [9.17, 15) is 9.90 Å². The average Bonchev–Trinajstić information content (AvgIpc) is 2.60. The summed E-state index contributed by atoms with van der Waals surface area (Å²) >= 11 is 0. The molecular weight excluding hydrogens is 300 g/mol. The highest BCUT2D eigenvalue weighted by atomic mass is 16.5. The van der Waals surface area contributed by atoms with Gasteiger partial charge in [0.05, 0.1) is 6.61 Å². The molecule has 2 aromatic rings. The lowest BCUT2D eigenvalue weighted by molar-refractivity contribution is 0.104. The molecule has 0 amide bonds. The van der Waals surface area contributed by atoms with E-state index in [1.165, 1.54) is 25.3 Å². The van der Waals surface area contributed by atoms with Crippen LogP contribution >= 0.6 is 0 Å². The van der Waals surface area contributed by atoms with Gasteiger partial charge in [-0.25, -0.2) is 0 Å². The molecule has 0 aromatic heterocycles. The number of carbonyl (C=O) groups is 1. The number of benzene rings is 2. The van der Waals surface area contributed by atoms with Crippen molar-refractivity contribution in [1.82, 2.24) is 0 Å². The standard InChI is InChI=1S/C21H24O3/c1-2-3-4-5-15-24-20-12-10-18(11-13-20)21(23)14-9-17-7-6-8-19(22)16-17/h6-14,16,22H,2-5,15H2,1H3/b14-9+. The zero-order chi connectivity index (χ0) is 17.2. The lowest BCUT2D eigenvalue weighted by Crippen LogP contribution is -1.98. The van der Waals surface area contributed by atoms with Crippen LogP contribution in [0.1, 0.15) is 48.5 Å². The van der Waals surface area contributed by atoms with Gasteiger partial charge in [0, 0.05) is 5.56 Å². The third-order valence-corrected chi connectivity index (χ3v) is 3.70. The van der Waals surface area contributed by atoms with Crippen molar-refractivity contribution < 1.29 is 14.6 Å². The predicted molar refractivity (Wildman–Crippen MR) is 97.6 cm³/mol. The summed E-state index contributed by atoms with van der Waals surface area (Å²) in [5.41, 5.74) is 1.40. The minimum atomic E-state index is -0.0761. The van der Waals surface area contributed by atoms with Gasteiger partial charge in [0.25, 0.3) is 0 Å². The number of unbranched alkanes of at least 4 members (excludes halogenated alkanes) is 3. The van der Waals surface area contributed by atoms with E-state index in [0.29, 0.717) is 12.2 Å². The van der Waals surface area contributed by atoms with E-state index >= 15 is 0 Å². The number of aromatic hydroxyl groups is 1. The van der Waals surface area contributed by atoms with Crippen molar-refractivity contribution in [2.45, 2.75) is 32.6 Å². The molecule has 0 aliphatic carbocycles. The molecule has 0 saturated heterocycles. The van der Waals surface area contributed by atoms with Crippen molar-refractivity contribution in [1.29, 1.82) is 0 Å². The van der Waals surface area contributed by atoms with Crippen molar-refractivity contribution in [3.63, 3.8) is 0 Å². The molecule has 0 aliphatic heterocycles. The van der Waals surface area contributed by atoms with Gasteiger partial charge in [0.15, 0.2) is 5.78 Å². The summed E-state index contributed by atoms with van der Waals surface area (Å²) in [4.78, 5) is 12.2. The van der Waals surface area contributed by atoms with E-state index in [1.807, 2.05) is 18.2 Å². The summed E-state index contributed by atoms with van der Waals surface area (Å²) in [6, 6.07) is 14.0. The van der Waals surface area contributed by atoms with Crippen LogP contribution in [0.25, 0.3) is 6.08 Å².